The summed E-state index contributed by atoms with van der Waals surface area (Å²) in [6.07, 6.45) is 1.97. The number of anilines is 1. The summed E-state index contributed by atoms with van der Waals surface area (Å²) in [4.78, 5) is 24.7. The number of nitrogens with zero attached hydrogens (tertiary/aromatic N) is 1. The maximum Gasteiger partial charge on any atom is 0.234 e. The third-order valence-corrected chi connectivity index (χ3v) is 2.99. The van der Waals surface area contributed by atoms with Gasteiger partial charge in [0.25, 0.3) is 0 Å². The van der Waals surface area contributed by atoms with Crippen molar-refractivity contribution in [1.82, 2.24) is 10.2 Å². The predicted octanol–water partition coefficient (Wildman–Crippen LogP) is 0.472. The molecule has 6 heteroatoms. The molecule has 0 aromatic heterocycles. The van der Waals surface area contributed by atoms with Crippen LogP contribution in [0.5, 0.6) is 0 Å². The summed E-state index contributed by atoms with van der Waals surface area (Å²) in [6.45, 7) is 3.39. The summed E-state index contributed by atoms with van der Waals surface area (Å²) in [5.41, 5.74) is 12.5. The molecule has 0 aliphatic heterocycles. The third kappa shape index (κ3) is 7.31. The Morgan fingerprint density at radius 2 is 1.86 bits per heavy atom. The van der Waals surface area contributed by atoms with Crippen molar-refractivity contribution in [1.29, 1.82) is 0 Å². The number of hydrogen-bond donors (Lipinski definition) is 3. The second-order valence-electron chi connectivity index (χ2n) is 5.06. The van der Waals surface area contributed by atoms with Crippen LogP contribution in [-0.2, 0) is 16.1 Å². The molecule has 0 atom stereocenters. The van der Waals surface area contributed by atoms with Crippen molar-refractivity contribution in [2.24, 2.45) is 5.73 Å². The first-order chi connectivity index (χ1) is 10.0. The maximum atomic E-state index is 11.8. The van der Waals surface area contributed by atoms with Gasteiger partial charge in [0, 0.05) is 18.8 Å². The minimum atomic E-state index is -0.452. The Kier molecular flexibility index (Phi) is 7.25. The van der Waals surface area contributed by atoms with Crippen molar-refractivity contribution in [2.75, 3.05) is 25.4 Å². The van der Waals surface area contributed by atoms with Crippen LogP contribution in [-0.4, -0.2) is 36.3 Å². The lowest BCUT2D eigenvalue weighted by Gasteiger charge is -2.20. The van der Waals surface area contributed by atoms with Crippen LogP contribution in [0.3, 0.4) is 0 Å². The van der Waals surface area contributed by atoms with Crippen molar-refractivity contribution in [3.05, 3.63) is 29.8 Å². The lowest BCUT2D eigenvalue weighted by Crippen LogP contribution is -2.41. The largest absolute Gasteiger partial charge is 0.399 e. The number of carbonyl (C=O) groups excluding carboxylic acids is 2. The van der Waals surface area contributed by atoms with Gasteiger partial charge in [-0.2, -0.15) is 0 Å². The zero-order valence-electron chi connectivity index (χ0n) is 12.5. The highest BCUT2D eigenvalue weighted by atomic mass is 16.2. The molecule has 0 aliphatic rings. The Morgan fingerprint density at radius 1 is 1.19 bits per heavy atom. The number of rotatable bonds is 9. The Labute approximate surface area is 125 Å². The van der Waals surface area contributed by atoms with Gasteiger partial charge in [-0.25, -0.2) is 0 Å². The molecule has 0 saturated heterocycles. The molecule has 0 saturated carbocycles. The topological polar surface area (TPSA) is 101 Å². The predicted molar refractivity (Wildman–Crippen MR) is 83.2 cm³/mol. The molecule has 0 unspecified atom stereocenters. The number of benzene rings is 1. The van der Waals surface area contributed by atoms with E-state index in [1.165, 1.54) is 0 Å². The normalized spacial score (nSPS) is 10.6. The van der Waals surface area contributed by atoms with Gasteiger partial charge in [-0.05, 0) is 24.1 Å². The van der Waals surface area contributed by atoms with E-state index >= 15 is 0 Å². The van der Waals surface area contributed by atoms with Gasteiger partial charge in [-0.1, -0.05) is 25.5 Å². The number of nitrogens with one attached hydrogen (secondary N) is 1. The van der Waals surface area contributed by atoms with Gasteiger partial charge in [0.2, 0.25) is 11.8 Å². The van der Waals surface area contributed by atoms with Crippen LogP contribution in [0.4, 0.5) is 5.69 Å². The molecule has 0 spiro atoms. The van der Waals surface area contributed by atoms with Crippen LogP contribution < -0.4 is 16.8 Å². The summed E-state index contributed by atoms with van der Waals surface area (Å²) in [5.74, 6) is -0.549. The SMILES string of the molecule is CCCCNC(=O)CN(CC(N)=O)Cc1ccc(N)cc1. The Morgan fingerprint density at radius 3 is 2.43 bits per heavy atom. The molecular weight excluding hydrogens is 268 g/mol. The molecule has 5 N–H and O–H groups in total. The van der Waals surface area contributed by atoms with Crippen molar-refractivity contribution in [3.63, 3.8) is 0 Å². The molecule has 1 aromatic carbocycles. The Hall–Kier alpha value is -2.08. The molecule has 0 fully saturated rings. The van der Waals surface area contributed by atoms with Crippen LogP contribution >= 0.6 is 0 Å². The van der Waals surface area contributed by atoms with Crippen LogP contribution in [0.25, 0.3) is 0 Å². The van der Waals surface area contributed by atoms with Crippen LogP contribution in [0.15, 0.2) is 24.3 Å². The summed E-state index contributed by atoms with van der Waals surface area (Å²) in [7, 11) is 0. The van der Waals surface area contributed by atoms with E-state index < -0.39 is 5.91 Å². The molecule has 0 radical (unpaired) electrons. The Bertz CT molecular complexity index is 459. The smallest absolute Gasteiger partial charge is 0.234 e. The number of nitrogen functional groups attached to an aromatic ring is 1. The zero-order valence-corrected chi connectivity index (χ0v) is 12.5. The lowest BCUT2D eigenvalue weighted by molar-refractivity contribution is -0.124. The number of unbranched alkanes of at least 4 members (excludes halogenated alkanes) is 1. The van der Waals surface area contributed by atoms with Crippen LogP contribution in [0, 0.1) is 0 Å². The second kappa shape index (κ2) is 8.97. The van der Waals surface area contributed by atoms with Crippen LogP contribution in [0.2, 0.25) is 0 Å². The third-order valence-electron chi connectivity index (χ3n) is 2.99. The molecule has 1 rings (SSSR count). The molecule has 116 valence electrons. The summed E-state index contributed by atoms with van der Waals surface area (Å²) < 4.78 is 0. The molecule has 0 heterocycles. The monoisotopic (exact) mass is 292 g/mol. The number of hydrogen-bond acceptors (Lipinski definition) is 4. The molecule has 0 bridgehead atoms. The maximum absolute atomic E-state index is 11.8. The number of amides is 2. The molecule has 6 nitrogen and oxygen atoms in total. The molecule has 21 heavy (non-hydrogen) atoms. The van der Waals surface area contributed by atoms with Gasteiger partial charge in [-0.15, -0.1) is 0 Å². The van der Waals surface area contributed by atoms with Gasteiger partial charge in [-0.3, -0.25) is 14.5 Å². The van der Waals surface area contributed by atoms with Crippen molar-refractivity contribution in [3.8, 4) is 0 Å². The minimum Gasteiger partial charge on any atom is -0.399 e. The molecular formula is C15H24N4O2. The average molecular weight is 292 g/mol. The summed E-state index contributed by atoms with van der Waals surface area (Å²) in [6, 6.07) is 7.33. The fourth-order valence-corrected chi connectivity index (χ4v) is 1.93. The van der Waals surface area contributed by atoms with E-state index in [1.54, 1.807) is 17.0 Å². The minimum absolute atomic E-state index is 0.0472. The second-order valence-corrected chi connectivity index (χ2v) is 5.06. The van der Waals surface area contributed by atoms with E-state index in [9.17, 15) is 9.59 Å². The number of nitrogens with two attached hydrogens (primary N) is 2. The van der Waals surface area contributed by atoms with Gasteiger partial charge in [0.15, 0.2) is 0 Å². The highest BCUT2D eigenvalue weighted by Gasteiger charge is 2.13. The van der Waals surface area contributed by atoms with E-state index in [4.69, 9.17) is 11.5 Å². The quantitative estimate of drug-likeness (QED) is 0.455. The van der Waals surface area contributed by atoms with E-state index in [-0.39, 0.29) is 19.0 Å². The standard InChI is InChI=1S/C15H24N4O2/c1-2-3-8-18-15(21)11-19(10-14(17)20)9-12-4-6-13(16)7-5-12/h4-7H,2-3,8-11,16H2,1H3,(H2,17,20)(H,18,21). The fourth-order valence-electron chi connectivity index (χ4n) is 1.93. The van der Waals surface area contributed by atoms with Crippen molar-refractivity contribution in [2.45, 2.75) is 26.3 Å². The van der Waals surface area contributed by atoms with Crippen molar-refractivity contribution >= 4 is 17.5 Å². The van der Waals surface area contributed by atoms with Gasteiger partial charge in [0.05, 0.1) is 13.1 Å². The van der Waals surface area contributed by atoms with Gasteiger partial charge in [0.1, 0.15) is 0 Å². The highest BCUT2D eigenvalue weighted by molar-refractivity contribution is 5.80. The first kappa shape index (κ1) is 17.0. The van der Waals surface area contributed by atoms with Crippen molar-refractivity contribution < 1.29 is 9.59 Å². The number of primary amides is 1. The van der Waals surface area contributed by atoms with Gasteiger partial charge < -0.3 is 16.8 Å². The van der Waals surface area contributed by atoms with E-state index in [1.807, 2.05) is 12.1 Å². The summed E-state index contributed by atoms with van der Waals surface area (Å²) in [5, 5.41) is 2.83. The number of carbonyl (C=O) groups is 2. The van der Waals surface area contributed by atoms with Gasteiger partial charge >= 0.3 is 0 Å². The molecule has 2 amide bonds. The van der Waals surface area contributed by atoms with E-state index in [2.05, 4.69) is 12.2 Å². The molecule has 1 aromatic rings. The Balaban J connectivity index is 2.56. The first-order valence-corrected chi connectivity index (χ1v) is 7.13. The average Bonchev–Trinajstić information content (AvgIpc) is 2.41. The van der Waals surface area contributed by atoms with E-state index in [0.717, 1.165) is 18.4 Å². The lowest BCUT2D eigenvalue weighted by atomic mass is 10.2. The first-order valence-electron chi connectivity index (χ1n) is 7.13. The zero-order chi connectivity index (χ0) is 15.7. The fraction of sp³-hybridized carbons (Fsp3) is 0.467. The van der Waals surface area contributed by atoms with Crippen LogP contribution in [0.1, 0.15) is 25.3 Å². The molecule has 0 aliphatic carbocycles. The highest BCUT2D eigenvalue weighted by Crippen LogP contribution is 2.08. The summed E-state index contributed by atoms with van der Waals surface area (Å²) >= 11 is 0. The van der Waals surface area contributed by atoms with E-state index in [0.29, 0.717) is 18.8 Å².